The molecule has 0 atom stereocenters. The van der Waals surface area contributed by atoms with Gasteiger partial charge in [-0.15, -0.1) is 0 Å². The molecule has 0 aliphatic heterocycles. The Labute approximate surface area is 88.8 Å². The van der Waals surface area contributed by atoms with Crippen LogP contribution in [0.2, 0.25) is 0 Å². The van der Waals surface area contributed by atoms with Gasteiger partial charge in [-0.2, -0.15) is 0 Å². The molecule has 0 bridgehead atoms. The Morgan fingerprint density at radius 3 is 2.60 bits per heavy atom. The van der Waals surface area contributed by atoms with Crippen molar-refractivity contribution in [3.8, 4) is 0 Å². The van der Waals surface area contributed by atoms with Gasteiger partial charge in [-0.1, -0.05) is 30.3 Å². The first-order chi connectivity index (χ1) is 7.24. The molecular weight excluding hydrogens is 190 g/mol. The number of rotatable bonds is 4. The van der Waals surface area contributed by atoms with Crippen molar-refractivity contribution in [3.05, 3.63) is 41.5 Å². The minimum atomic E-state index is -0.217. The molecule has 0 saturated heterocycles. The van der Waals surface area contributed by atoms with Gasteiger partial charge in [0.25, 0.3) is 0 Å². The first kappa shape index (κ1) is 11.2. The fourth-order valence-corrected chi connectivity index (χ4v) is 1.14. The van der Waals surface area contributed by atoms with Crippen LogP contribution in [0.3, 0.4) is 0 Å². The van der Waals surface area contributed by atoms with Crippen LogP contribution in [0.15, 0.2) is 35.9 Å². The van der Waals surface area contributed by atoms with Crippen LogP contribution in [0, 0.1) is 0 Å². The van der Waals surface area contributed by atoms with Crippen molar-refractivity contribution in [2.45, 2.75) is 6.92 Å². The number of hydrogen-bond donors (Lipinski definition) is 1. The van der Waals surface area contributed by atoms with E-state index in [1.807, 2.05) is 30.3 Å². The monoisotopic (exact) mass is 203 g/mol. The van der Waals surface area contributed by atoms with Crippen molar-refractivity contribution >= 4 is 18.3 Å². The van der Waals surface area contributed by atoms with E-state index in [1.54, 1.807) is 13.0 Å². The molecule has 1 N–H and O–H groups in total. The molecule has 0 radical (unpaired) electrons. The summed E-state index contributed by atoms with van der Waals surface area (Å²) >= 11 is 0. The standard InChI is InChI=1S/C12H13NO2/c1-10(12(15)13-7-8-14)9-11-5-3-2-4-6-11/h2-6,8-9H,7H2,1H3,(H,13,15)/b10-9+. The predicted molar refractivity (Wildman–Crippen MR) is 59.2 cm³/mol. The average molecular weight is 203 g/mol. The van der Waals surface area contributed by atoms with E-state index in [1.165, 1.54) is 0 Å². The van der Waals surface area contributed by atoms with Crippen molar-refractivity contribution in [1.82, 2.24) is 5.32 Å². The van der Waals surface area contributed by atoms with E-state index >= 15 is 0 Å². The summed E-state index contributed by atoms with van der Waals surface area (Å²) in [5, 5.41) is 2.48. The Bertz CT molecular complexity index is 368. The smallest absolute Gasteiger partial charge is 0.247 e. The van der Waals surface area contributed by atoms with Gasteiger partial charge in [0.1, 0.15) is 6.29 Å². The number of carbonyl (C=O) groups is 2. The molecule has 3 heteroatoms. The third kappa shape index (κ3) is 3.77. The second-order valence-electron chi connectivity index (χ2n) is 3.11. The summed E-state index contributed by atoms with van der Waals surface area (Å²) in [6, 6.07) is 9.55. The van der Waals surface area contributed by atoms with Crippen LogP contribution in [0.4, 0.5) is 0 Å². The number of hydrogen-bond acceptors (Lipinski definition) is 2. The Kier molecular flexibility index (Phi) is 4.29. The molecule has 0 saturated carbocycles. The number of carbonyl (C=O) groups excluding carboxylic acids is 2. The largest absolute Gasteiger partial charge is 0.346 e. The van der Waals surface area contributed by atoms with E-state index in [4.69, 9.17) is 0 Å². The first-order valence-electron chi connectivity index (χ1n) is 4.69. The minimum absolute atomic E-state index is 0.0544. The van der Waals surface area contributed by atoms with E-state index in [2.05, 4.69) is 5.32 Å². The second-order valence-corrected chi connectivity index (χ2v) is 3.11. The summed E-state index contributed by atoms with van der Waals surface area (Å²) in [4.78, 5) is 21.4. The van der Waals surface area contributed by atoms with Gasteiger partial charge in [-0.05, 0) is 18.6 Å². The Morgan fingerprint density at radius 1 is 1.33 bits per heavy atom. The van der Waals surface area contributed by atoms with Gasteiger partial charge in [0, 0.05) is 5.57 Å². The van der Waals surface area contributed by atoms with E-state index in [9.17, 15) is 9.59 Å². The number of amides is 1. The third-order valence-corrected chi connectivity index (χ3v) is 1.89. The van der Waals surface area contributed by atoms with Gasteiger partial charge in [0.05, 0.1) is 6.54 Å². The minimum Gasteiger partial charge on any atom is -0.346 e. The highest BCUT2D eigenvalue weighted by atomic mass is 16.2. The van der Waals surface area contributed by atoms with Gasteiger partial charge < -0.3 is 10.1 Å². The fourth-order valence-electron chi connectivity index (χ4n) is 1.14. The molecule has 0 aromatic heterocycles. The van der Waals surface area contributed by atoms with Gasteiger partial charge in [-0.3, -0.25) is 4.79 Å². The van der Waals surface area contributed by atoms with Crippen molar-refractivity contribution in [2.24, 2.45) is 0 Å². The molecule has 1 rings (SSSR count). The average Bonchev–Trinajstić information content (AvgIpc) is 2.27. The zero-order chi connectivity index (χ0) is 11.1. The zero-order valence-corrected chi connectivity index (χ0v) is 8.57. The highest BCUT2D eigenvalue weighted by Gasteiger charge is 2.01. The number of nitrogens with one attached hydrogen (secondary N) is 1. The SMILES string of the molecule is C/C(=C\c1ccccc1)C(=O)NCC=O. The van der Waals surface area contributed by atoms with Gasteiger partial charge in [0.15, 0.2) is 0 Å². The van der Waals surface area contributed by atoms with Crippen LogP contribution in [0.1, 0.15) is 12.5 Å². The lowest BCUT2D eigenvalue weighted by atomic mass is 10.1. The van der Waals surface area contributed by atoms with E-state index in [-0.39, 0.29) is 12.5 Å². The Morgan fingerprint density at radius 2 is 2.00 bits per heavy atom. The van der Waals surface area contributed by atoms with Crippen LogP contribution in [-0.2, 0) is 9.59 Å². The molecule has 0 spiro atoms. The summed E-state index contributed by atoms with van der Waals surface area (Å²) in [6.07, 6.45) is 2.44. The highest BCUT2D eigenvalue weighted by Crippen LogP contribution is 2.05. The quantitative estimate of drug-likeness (QED) is 0.594. The molecular formula is C12H13NO2. The number of aldehydes is 1. The Hall–Kier alpha value is -1.90. The number of benzene rings is 1. The van der Waals surface area contributed by atoms with Crippen molar-refractivity contribution in [2.75, 3.05) is 6.54 Å². The molecule has 1 amide bonds. The molecule has 3 nitrogen and oxygen atoms in total. The third-order valence-electron chi connectivity index (χ3n) is 1.89. The van der Waals surface area contributed by atoms with Crippen molar-refractivity contribution in [3.63, 3.8) is 0 Å². The highest BCUT2D eigenvalue weighted by molar-refractivity contribution is 5.97. The molecule has 1 aromatic carbocycles. The lowest BCUT2D eigenvalue weighted by Crippen LogP contribution is -2.25. The molecule has 78 valence electrons. The van der Waals surface area contributed by atoms with Gasteiger partial charge in [0.2, 0.25) is 5.91 Å². The lowest BCUT2D eigenvalue weighted by molar-refractivity contribution is -0.119. The summed E-state index contributed by atoms with van der Waals surface area (Å²) in [7, 11) is 0. The topological polar surface area (TPSA) is 46.2 Å². The normalized spacial score (nSPS) is 10.9. The van der Waals surface area contributed by atoms with Crippen molar-refractivity contribution in [1.29, 1.82) is 0 Å². The molecule has 0 aliphatic carbocycles. The van der Waals surface area contributed by atoms with Crippen LogP contribution < -0.4 is 5.32 Å². The maximum absolute atomic E-state index is 11.4. The van der Waals surface area contributed by atoms with E-state index in [0.29, 0.717) is 11.9 Å². The molecule has 1 aromatic rings. The van der Waals surface area contributed by atoms with Crippen LogP contribution >= 0.6 is 0 Å². The van der Waals surface area contributed by atoms with Gasteiger partial charge >= 0.3 is 0 Å². The predicted octanol–water partition coefficient (Wildman–Crippen LogP) is 1.40. The van der Waals surface area contributed by atoms with Gasteiger partial charge in [-0.25, -0.2) is 0 Å². The fraction of sp³-hybridized carbons (Fsp3) is 0.167. The summed E-state index contributed by atoms with van der Waals surface area (Å²) < 4.78 is 0. The zero-order valence-electron chi connectivity index (χ0n) is 8.57. The maximum atomic E-state index is 11.4. The van der Waals surface area contributed by atoms with E-state index in [0.717, 1.165) is 5.56 Å². The molecule has 0 unspecified atom stereocenters. The molecule has 15 heavy (non-hydrogen) atoms. The van der Waals surface area contributed by atoms with Crippen molar-refractivity contribution < 1.29 is 9.59 Å². The maximum Gasteiger partial charge on any atom is 0.247 e. The van der Waals surface area contributed by atoms with Crippen LogP contribution in [-0.4, -0.2) is 18.7 Å². The Balaban J connectivity index is 2.67. The summed E-state index contributed by atoms with van der Waals surface area (Å²) in [6.45, 7) is 1.77. The van der Waals surface area contributed by atoms with E-state index < -0.39 is 0 Å². The van der Waals surface area contributed by atoms with Crippen LogP contribution in [0.25, 0.3) is 6.08 Å². The first-order valence-corrected chi connectivity index (χ1v) is 4.69. The molecule has 0 heterocycles. The molecule has 0 aliphatic rings. The van der Waals surface area contributed by atoms with Crippen LogP contribution in [0.5, 0.6) is 0 Å². The summed E-state index contributed by atoms with van der Waals surface area (Å²) in [5.74, 6) is -0.217. The summed E-state index contributed by atoms with van der Waals surface area (Å²) in [5.41, 5.74) is 1.55. The lowest BCUT2D eigenvalue weighted by Gasteiger charge is -2.01. The second kappa shape index (κ2) is 5.75. The molecule has 0 fully saturated rings.